The molecule has 0 spiro atoms. The zero-order valence-electron chi connectivity index (χ0n) is 11.9. The third kappa shape index (κ3) is 4.36. The summed E-state index contributed by atoms with van der Waals surface area (Å²) in [5.74, 6) is 3.15. The van der Waals surface area contributed by atoms with Crippen molar-refractivity contribution in [3.05, 3.63) is 0 Å². The molecule has 1 unspecified atom stereocenters. The topological polar surface area (TPSA) is 49.8 Å². The molecule has 4 nitrogen and oxygen atoms in total. The van der Waals surface area contributed by atoms with E-state index in [0.29, 0.717) is 25.4 Å². The molecule has 0 aromatic carbocycles. The van der Waals surface area contributed by atoms with Crippen molar-refractivity contribution in [2.45, 2.75) is 44.8 Å². The van der Waals surface area contributed by atoms with E-state index in [0.717, 1.165) is 12.8 Å². The van der Waals surface area contributed by atoms with E-state index in [1.165, 1.54) is 11.5 Å². The molecule has 0 aromatic heterocycles. The number of carbonyl (C=O) groups excluding carboxylic acids is 1. The summed E-state index contributed by atoms with van der Waals surface area (Å²) >= 11 is 1.99. The van der Waals surface area contributed by atoms with Crippen molar-refractivity contribution in [1.82, 2.24) is 4.90 Å². The van der Waals surface area contributed by atoms with Crippen molar-refractivity contribution in [1.29, 1.82) is 0 Å². The number of aliphatic hydroxyl groups excluding tert-OH is 1. The Hall–Kier alpha value is -0.260. The molecule has 1 N–H and O–H groups in total. The average molecular weight is 287 g/mol. The number of rotatable bonds is 3. The second-order valence-electron chi connectivity index (χ2n) is 6.22. The second-order valence-corrected chi connectivity index (χ2v) is 7.44. The molecule has 5 heteroatoms. The second kappa shape index (κ2) is 6.46. The van der Waals surface area contributed by atoms with Crippen molar-refractivity contribution in [3.63, 3.8) is 0 Å². The van der Waals surface area contributed by atoms with Gasteiger partial charge in [0.05, 0.1) is 18.3 Å². The normalized spacial score (nSPS) is 28.4. The van der Waals surface area contributed by atoms with Crippen molar-refractivity contribution in [2.24, 2.45) is 5.92 Å². The SMILES string of the molecule is CC1(C)CN(C(=O)CC2CCSCC2)CC(CO)O1. The first kappa shape index (κ1) is 15.1. The molecule has 2 rings (SSSR count). The van der Waals surface area contributed by atoms with Gasteiger partial charge in [-0.25, -0.2) is 0 Å². The molecule has 1 amide bonds. The maximum Gasteiger partial charge on any atom is 0.223 e. The van der Waals surface area contributed by atoms with Crippen LogP contribution >= 0.6 is 11.8 Å². The molecule has 0 bridgehead atoms. The van der Waals surface area contributed by atoms with Crippen LogP contribution < -0.4 is 0 Å². The summed E-state index contributed by atoms with van der Waals surface area (Å²) in [5.41, 5.74) is -0.357. The lowest BCUT2D eigenvalue weighted by molar-refractivity contribution is -0.167. The van der Waals surface area contributed by atoms with E-state index in [2.05, 4.69) is 0 Å². The summed E-state index contributed by atoms with van der Waals surface area (Å²) in [6.07, 6.45) is 2.74. The zero-order chi connectivity index (χ0) is 13.9. The monoisotopic (exact) mass is 287 g/mol. The summed E-state index contributed by atoms with van der Waals surface area (Å²) in [6.45, 7) is 5.09. The Kier molecular flexibility index (Phi) is 5.15. The van der Waals surface area contributed by atoms with Gasteiger partial charge in [-0.15, -0.1) is 0 Å². The van der Waals surface area contributed by atoms with Gasteiger partial charge in [-0.2, -0.15) is 11.8 Å². The van der Waals surface area contributed by atoms with Crippen LogP contribution in [-0.4, -0.2) is 58.8 Å². The van der Waals surface area contributed by atoms with Crippen LogP contribution in [0.15, 0.2) is 0 Å². The highest BCUT2D eigenvalue weighted by Gasteiger charge is 2.35. The van der Waals surface area contributed by atoms with Crippen LogP contribution in [0, 0.1) is 5.92 Å². The van der Waals surface area contributed by atoms with Gasteiger partial charge in [0, 0.05) is 19.5 Å². The third-order valence-corrected chi connectivity index (χ3v) is 4.89. The predicted molar refractivity (Wildman–Crippen MR) is 77.3 cm³/mol. The van der Waals surface area contributed by atoms with E-state index in [1.807, 2.05) is 30.5 Å². The smallest absolute Gasteiger partial charge is 0.223 e. The highest BCUT2D eigenvalue weighted by molar-refractivity contribution is 7.99. The minimum Gasteiger partial charge on any atom is -0.394 e. The van der Waals surface area contributed by atoms with E-state index in [4.69, 9.17) is 4.74 Å². The van der Waals surface area contributed by atoms with Crippen molar-refractivity contribution in [2.75, 3.05) is 31.2 Å². The van der Waals surface area contributed by atoms with E-state index in [1.54, 1.807) is 0 Å². The standard InChI is InChI=1S/C14H25NO3S/c1-14(2)10-15(8-12(9-16)18-14)13(17)7-11-3-5-19-6-4-11/h11-12,16H,3-10H2,1-2H3. The van der Waals surface area contributed by atoms with Gasteiger partial charge in [-0.05, 0) is 44.1 Å². The minimum atomic E-state index is -0.357. The lowest BCUT2D eigenvalue weighted by Crippen LogP contribution is -2.55. The largest absolute Gasteiger partial charge is 0.394 e. The Labute approximate surface area is 119 Å². The van der Waals surface area contributed by atoms with Gasteiger partial charge in [-0.1, -0.05) is 0 Å². The van der Waals surface area contributed by atoms with Crippen molar-refractivity contribution in [3.8, 4) is 0 Å². The number of hydrogen-bond acceptors (Lipinski definition) is 4. The Balaban J connectivity index is 1.89. The Morgan fingerprint density at radius 1 is 1.42 bits per heavy atom. The molecule has 19 heavy (non-hydrogen) atoms. The van der Waals surface area contributed by atoms with Gasteiger partial charge >= 0.3 is 0 Å². The molecule has 2 aliphatic rings. The predicted octanol–water partition coefficient (Wildman–Crippen LogP) is 1.52. The van der Waals surface area contributed by atoms with Crippen LogP contribution in [0.1, 0.15) is 33.1 Å². The number of carbonyl (C=O) groups is 1. The first-order valence-corrected chi connectivity index (χ1v) is 8.30. The molecule has 0 radical (unpaired) electrons. The fourth-order valence-corrected chi connectivity index (χ4v) is 4.11. The number of amides is 1. The van der Waals surface area contributed by atoms with Gasteiger partial charge in [0.1, 0.15) is 0 Å². The fourth-order valence-electron chi connectivity index (χ4n) is 2.91. The van der Waals surface area contributed by atoms with Gasteiger partial charge in [0.2, 0.25) is 5.91 Å². The highest BCUT2D eigenvalue weighted by Crippen LogP contribution is 2.27. The Morgan fingerprint density at radius 3 is 2.74 bits per heavy atom. The molecule has 110 valence electrons. The fraction of sp³-hybridized carbons (Fsp3) is 0.929. The number of thioether (sulfide) groups is 1. The molecule has 0 aromatic rings. The first-order valence-electron chi connectivity index (χ1n) is 7.14. The molecule has 2 heterocycles. The Bertz CT molecular complexity index is 316. The van der Waals surface area contributed by atoms with E-state index in [9.17, 15) is 9.90 Å². The summed E-state index contributed by atoms with van der Waals surface area (Å²) in [4.78, 5) is 14.3. The lowest BCUT2D eigenvalue weighted by atomic mass is 9.97. The summed E-state index contributed by atoms with van der Waals surface area (Å²) in [7, 11) is 0. The molecule has 0 aliphatic carbocycles. The lowest BCUT2D eigenvalue weighted by Gasteiger charge is -2.42. The van der Waals surface area contributed by atoms with Crippen molar-refractivity contribution >= 4 is 17.7 Å². The maximum absolute atomic E-state index is 12.4. The van der Waals surface area contributed by atoms with Crippen LogP contribution in [-0.2, 0) is 9.53 Å². The number of ether oxygens (including phenoxy) is 1. The molecule has 0 saturated carbocycles. The van der Waals surface area contributed by atoms with Crippen LogP contribution in [0.5, 0.6) is 0 Å². The number of nitrogens with zero attached hydrogens (tertiary/aromatic N) is 1. The molecule has 2 saturated heterocycles. The van der Waals surface area contributed by atoms with Gasteiger partial charge < -0.3 is 14.7 Å². The molecule has 1 atom stereocenters. The van der Waals surface area contributed by atoms with Crippen LogP contribution in [0.2, 0.25) is 0 Å². The number of aliphatic hydroxyl groups is 1. The van der Waals surface area contributed by atoms with Gasteiger partial charge in [-0.3, -0.25) is 4.79 Å². The highest BCUT2D eigenvalue weighted by atomic mass is 32.2. The van der Waals surface area contributed by atoms with E-state index < -0.39 is 0 Å². The van der Waals surface area contributed by atoms with Crippen LogP contribution in [0.3, 0.4) is 0 Å². The molecular formula is C14H25NO3S. The summed E-state index contributed by atoms with van der Waals surface area (Å²) in [5, 5.41) is 9.28. The van der Waals surface area contributed by atoms with Gasteiger partial charge in [0.25, 0.3) is 0 Å². The van der Waals surface area contributed by atoms with E-state index in [-0.39, 0.29) is 24.2 Å². The summed E-state index contributed by atoms with van der Waals surface area (Å²) < 4.78 is 5.75. The zero-order valence-corrected chi connectivity index (χ0v) is 12.7. The quantitative estimate of drug-likeness (QED) is 0.855. The first-order chi connectivity index (χ1) is 9.00. The van der Waals surface area contributed by atoms with Crippen molar-refractivity contribution < 1.29 is 14.6 Å². The summed E-state index contributed by atoms with van der Waals surface area (Å²) in [6, 6.07) is 0. The third-order valence-electron chi connectivity index (χ3n) is 3.84. The molecule has 2 aliphatic heterocycles. The van der Waals surface area contributed by atoms with Crippen LogP contribution in [0.25, 0.3) is 0 Å². The minimum absolute atomic E-state index is 0.0206. The average Bonchev–Trinajstić information content (AvgIpc) is 2.38. The maximum atomic E-state index is 12.4. The van der Waals surface area contributed by atoms with Crippen LogP contribution in [0.4, 0.5) is 0 Å². The number of hydrogen-bond donors (Lipinski definition) is 1. The molecule has 2 fully saturated rings. The molecular weight excluding hydrogens is 262 g/mol. The number of morpholine rings is 1. The van der Waals surface area contributed by atoms with E-state index >= 15 is 0 Å². The van der Waals surface area contributed by atoms with Gasteiger partial charge in [0.15, 0.2) is 0 Å². The Morgan fingerprint density at radius 2 is 2.11 bits per heavy atom.